The molecule has 1 aromatic carbocycles. The Labute approximate surface area is 92.2 Å². The van der Waals surface area contributed by atoms with Crippen LogP contribution in [-0.2, 0) is 4.79 Å². The first-order chi connectivity index (χ1) is 6.63. The third-order valence-electron chi connectivity index (χ3n) is 1.83. The van der Waals surface area contributed by atoms with Crippen LogP contribution >= 0.6 is 15.9 Å². The van der Waals surface area contributed by atoms with Crippen molar-refractivity contribution in [1.29, 1.82) is 0 Å². The second kappa shape index (κ2) is 5.05. The highest BCUT2D eigenvalue weighted by Crippen LogP contribution is 2.17. The van der Waals surface area contributed by atoms with Crippen LogP contribution in [0, 0.1) is 0 Å². The van der Waals surface area contributed by atoms with Crippen molar-refractivity contribution in [2.75, 3.05) is 0 Å². The standard InChI is InChI=1S/C11H12BrNO/c1-3-11(8(2)14)13-10-6-4-9(12)5-7-10/h4-7H,3H2,1-2H3. The summed E-state index contributed by atoms with van der Waals surface area (Å²) in [5, 5.41) is 0. The summed E-state index contributed by atoms with van der Waals surface area (Å²) < 4.78 is 1.01. The van der Waals surface area contributed by atoms with Crippen molar-refractivity contribution in [3.05, 3.63) is 28.7 Å². The van der Waals surface area contributed by atoms with Gasteiger partial charge in [-0.2, -0.15) is 0 Å². The Kier molecular flexibility index (Phi) is 4.01. The second-order valence-corrected chi connectivity index (χ2v) is 3.86. The lowest BCUT2D eigenvalue weighted by molar-refractivity contribution is -0.111. The lowest BCUT2D eigenvalue weighted by Crippen LogP contribution is -2.07. The quantitative estimate of drug-likeness (QED) is 0.759. The Morgan fingerprint density at radius 1 is 1.36 bits per heavy atom. The van der Waals surface area contributed by atoms with Crippen LogP contribution in [0.2, 0.25) is 0 Å². The number of carbonyl (C=O) groups excluding carboxylic acids is 1. The van der Waals surface area contributed by atoms with E-state index in [1.807, 2.05) is 31.2 Å². The number of ketones is 1. The molecule has 74 valence electrons. The van der Waals surface area contributed by atoms with Gasteiger partial charge in [0.25, 0.3) is 0 Å². The summed E-state index contributed by atoms with van der Waals surface area (Å²) >= 11 is 3.34. The molecule has 0 heterocycles. The number of rotatable bonds is 3. The van der Waals surface area contributed by atoms with E-state index in [0.29, 0.717) is 12.1 Å². The third-order valence-corrected chi connectivity index (χ3v) is 2.36. The van der Waals surface area contributed by atoms with Crippen molar-refractivity contribution in [3.63, 3.8) is 0 Å². The smallest absolute Gasteiger partial charge is 0.173 e. The van der Waals surface area contributed by atoms with E-state index in [9.17, 15) is 4.79 Å². The number of hydrogen-bond acceptors (Lipinski definition) is 2. The van der Waals surface area contributed by atoms with Crippen molar-refractivity contribution in [3.8, 4) is 0 Å². The minimum atomic E-state index is 0.0374. The summed E-state index contributed by atoms with van der Waals surface area (Å²) in [5.74, 6) is 0.0374. The normalized spacial score (nSPS) is 11.5. The highest BCUT2D eigenvalue weighted by molar-refractivity contribution is 9.10. The van der Waals surface area contributed by atoms with Gasteiger partial charge in [0.2, 0.25) is 0 Å². The molecular weight excluding hydrogens is 242 g/mol. The van der Waals surface area contributed by atoms with E-state index in [0.717, 1.165) is 10.2 Å². The lowest BCUT2D eigenvalue weighted by Gasteiger charge is -1.99. The highest BCUT2D eigenvalue weighted by Gasteiger charge is 2.02. The zero-order valence-corrected chi connectivity index (χ0v) is 9.84. The zero-order valence-electron chi connectivity index (χ0n) is 8.25. The third kappa shape index (κ3) is 3.07. The molecule has 0 N–H and O–H groups in total. The van der Waals surface area contributed by atoms with Gasteiger partial charge in [-0.05, 0) is 30.7 Å². The molecule has 0 saturated carbocycles. The van der Waals surface area contributed by atoms with E-state index >= 15 is 0 Å². The second-order valence-electron chi connectivity index (χ2n) is 2.94. The van der Waals surface area contributed by atoms with Crippen LogP contribution in [0.15, 0.2) is 33.7 Å². The summed E-state index contributed by atoms with van der Waals surface area (Å²) in [7, 11) is 0. The number of hydrogen-bond donors (Lipinski definition) is 0. The molecule has 0 fully saturated rings. The van der Waals surface area contributed by atoms with Gasteiger partial charge in [-0.25, -0.2) is 4.99 Å². The van der Waals surface area contributed by atoms with Crippen molar-refractivity contribution in [2.24, 2.45) is 4.99 Å². The summed E-state index contributed by atoms with van der Waals surface area (Å²) in [4.78, 5) is 15.4. The summed E-state index contributed by atoms with van der Waals surface area (Å²) in [5.41, 5.74) is 1.44. The van der Waals surface area contributed by atoms with Crippen molar-refractivity contribution < 1.29 is 4.79 Å². The molecule has 0 aliphatic rings. The number of aliphatic imine (C=N–C) groups is 1. The van der Waals surface area contributed by atoms with Gasteiger partial charge in [0.05, 0.1) is 11.4 Å². The molecule has 0 aromatic heterocycles. The Morgan fingerprint density at radius 2 is 1.93 bits per heavy atom. The van der Waals surface area contributed by atoms with Gasteiger partial charge in [0.1, 0.15) is 0 Å². The molecule has 1 aromatic rings. The fourth-order valence-corrected chi connectivity index (χ4v) is 1.34. The maximum atomic E-state index is 11.1. The van der Waals surface area contributed by atoms with Crippen LogP contribution in [-0.4, -0.2) is 11.5 Å². The topological polar surface area (TPSA) is 29.4 Å². The molecule has 0 unspecified atom stereocenters. The molecule has 14 heavy (non-hydrogen) atoms. The molecule has 0 spiro atoms. The fourth-order valence-electron chi connectivity index (χ4n) is 1.08. The van der Waals surface area contributed by atoms with Gasteiger partial charge in [0, 0.05) is 11.4 Å². The first-order valence-electron chi connectivity index (χ1n) is 4.47. The zero-order chi connectivity index (χ0) is 10.6. The van der Waals surface area contributed by atoms with Crippen molar-refractivity contribution >= 4 is 33.1 Å². The first kappa shape index (κ1) is 11.1. The van der Waals surface area contributed by atoms with E-state index < -0.39 is 0 Å². The Hall–Kier alpha value is -0.960. The molecule has 1 rings (SSSR count). The largest absolute Gasteiger partial charge is 0.293 e. The molecule has 2 nitrogen and oxygen atoms in total. The van der Waals surface area contributed by atoms with Crippen LogP contribution in [0.5, 0.6) is 0 Å². The number of benzene rings is 1. The van der Waals surface area contributed by atoms with Gasteiger partial charge >= 0.3 is 0 Å². The molecule has 0 bridgehead atoms. The monoisotopic (exact) mass is 253 g/mol. The predicted molar refractivity (Wildman–Crippen MR) is 62.2 cm³/mol. The lowest BCUT2D eigenvalue weighted by atomic mass is 10.2. The minimum absolute atomic E-state index is 0.0374. The van der Waals surface area contributed by atoms with Gasteiger partial charge in [-0.15, -0.1) is 0 Å². The van der Waals surface area contributed by atoms with Crippen LogP contribution in [0.25, 0.3) is 0 Å². The van der Waals surface area contributed by atoms with E-state index in [2.05, 4.69) is 20.9 Å². The Morgan fingerprint density at radius 3 is 2.36 bits per heavy atom. The molecule has 0 radical (unpaired) electrons. The van der Waals surface area contributed by atoms with Gasteiger partial charge in [-0.3, -0.25) is 4.79 Å². The fraction of sp³-hybridized carbons (Fsp3) is 0.273. The maximum Gasteiger partial charge on any atom is 0.173 e. The van der Waals surface area contributed by atoms with Crippen LogP contribution in [0.4, 0.5) is 5.69 Å². The van der Waals surface area contributed by atoms with Crippen molar-refractivity contribution in [1.82, 2.24) is 0 Å². The summed E-state index contributed by atoms with van der Waals surface area (Å²) in [6.07, 6.45) is 0.672. The molecular formula is C11H12BrNO. The highest BCUT2D eigenvalue weighted by atomic mass is 79.9. The predicted octanol–water partition coefficient (Wildman–Crippen LogP) is 3.52. The number of halogens is 1. The molecule has 3 heteroatoms. The Balaban J connectivity index is 2.95. The SMILES string of the molecule is CCC(=Nc1ccc(Br)cc1)C(C)=O. The van der Waals surface area contributed by atoms with E-state index in [-0.39, 0.29) is 5.78 Å². The summed E-state index contributed by atoms with van der Waals surface area (Å²) in [6.45, 7) is 3.47. The average molecular weight is 254 g/mol. The maximum absolute atomic E-state index is 11.1. The Bertz CT molecular complexity index is 354. The molecule has 0 aliphatic carbocycles. The van der Waals surface area contributed by atoms with E-state index in [4.69, 9.17) is 0 Å². The van der Waals surface area contributed by atoms with Crippen molar-refractivity contribution in [2.45, 2.75) is 20.3 Å². The van der Waals surface area contributed by atoms with Gasteiger partial charge in [0.15, 0.2) is 5.78 Å². The minimum Gasteiger partial charge on any atom is -0.293 e. The molecule has 0 amide bonds. The number of carbonyl (C=O) groups is 1. The van der Waals surface area contributed by atoms with E-state index in [1.54, 1.807) is 6.92 Å². The summed E-state index contributed by atoms with van der Waals surface area (Å²) in [6, 6.07) is 7.57. The van der Waals surface area contributed by atoms with Crippen LogP contribution < -0.4 is 0 Å². The first-order valence-corrected chi connectivity index (χ1v) is 5.27. The van der Waals surface area contributed by atoms with Gasteiger partial charge < -0.3 is 0 Å². The van der Waals surface area contributed by atoms with E-state index in [1.165, 1.54) is 0 Å². The average Bonchev–Trinajstić information content (AvgIpc) is 2.16. The van der Waals surface area contributed by atoms with Crippen LogP contribution in [0.3, 0.4) is 0 Å². The van der Waals surface area contributed by atoms with Gasteiger partial charge in [-0.1, -0.05) is 22.9 Å². The molecule has 0 atom stereocenters. The molecule has 0 saturated heterocycles. The molecule has 0 aliphatic heterocycles. The number of Topliss-reactive ketones (excluding diaryl/α,β-unsaturated/α-hetero) is 1. The number of nitrogens with zero attached hydrogens (tertiary/aromatic N) is 1. The van der Waals surface area contributed by atoms with Crippen LogP contribution in [0.1, 0.15) is 20.3 Å².